The van der Waals surface area contributed by atoms with Crippen molar-refractivity contribution >= 4 is 18.3 Å². The van der Waals surface area contributed by atoms with Gasteiger partial charge in [0.1, 0.15) is 0 Å². The fraction of sp³-hybridized carbons (Fsp3) is 0.533. The Morgan fingerprint density at radius 1 is 1.23 bits per heavy atom. The van der Waals surface area contributed by atoms with Gasteiger partial charge in [-0.3, -0.25) is 9.69 Å². The van der Waals surface area contributed by atoms with E-state index in [1.165, 1.54) is 0 Å². The number of hydrogen-bond acceptors (Lipinski definition) is 5. The van der Waals surface area contributed by atoms with Crippen molar-refractivity contribution in [3.05, 3.63) is 23.8 Å². The van der Waals surface area contributed by atoms with Gasteiger partial charge in [-0.25, -0.2) is 0 Å². The molecule has 6 nitrogen and oxygen atoms in total. The molecule has 1 fully saturated rings. The lowest BCUT2D eigenvalue weighted by atomic mass is 10.1. The number of amides is 1. The van der Waals surface area contributed by atoms with Crippen LogP contribution in [0.25, 0.3) is 0 Å². The van der Waals surface area contributed by atoms with E-state index in [1.54, 1.807) is 0 Å². The van der Waals surface area contributed by atoms with Crippen molar-refractivity contribution in [3.63, 3.8) is 0 Å². The van der Waals surface area contributed by atoms with Crippen molar-refractivity contribution in [2.45, 2.75) is 6.42 Å². The number of carbonyl (C=O) groups excluding carboxylic acids is 1. The van der Waals surface area contributed by atoms with Crippen molar-refractivity contribution in [2.75, 3.05) is 46.1 Å². The number of piperazine rings is 1. The summed E-state index contributed by atoms with van der Waals surface area (Å²) in [6.45, 7) is 6.04. The molecular formula is C15H22ClN3O3. The number of halogens is 1. The average Bonchev–Trinajstić information content (AvgIpc) is 2.96. The molecule has 22 heavy (non-hydrogen) atoms. The monoisotopic (exact) mass is 327 g/mol. The van der Waals surface area contributed by atoms with Crippen molar-refractivity contribution in [3.8, 4) is 11.5 Å². The van der Waals surface area contributed by atoms with E-state index in [4.69, 9.17) is 9.47 Å². The lowest BCUT2D eigenvalue weighted by Gasteiger charge is -2.27. The van der Waals surface area contributed by atoms with Crippen LogP contribution in [0.5, 0.6) is 11.5 Å². The number of nitrogens with zero attached hydrogens (tertiary/aromatic N) is 1. The molecular weight excluding hydrogens is 306 g/mol. The molecule has 2 aliphatic heterocycles. The highest BCUT2D eigenvalue weighted by atomic mass is 35.5. The summed E-state index contributed by atoms with van der Waals surface area (Å²) in [7, 11) is 0. The first-order valence-electron chi connectivity index (χ1n) is 7.39. The normalized spacial score (nSPS) is 16.9. The van der Waals surface area contributed by atoms with Gasteiger partial charge >= 0.3 is 0 Å². The van der Waals surface area contributed by atoms with Crippen LogP contribution < -0.4 is 20.1 Å². The standard InChI is InChI=1S/C15H21N3O3.ClH/c19-15(17-5-8-18-6-3-16-4-7-18)10-12-1-2-13-14(9-12)21-11-20-13;/h1-2,9,16H,3-8,10-11H2,(H,17,19);1H. The first-order valence-corrected chi connectivity index (χ1v) is 7.39. The molecule has 1 amide bonds. The van der Waals surface area contributed by atoms with Crippen LogP contribution >= 0.6 is 12.4 Å². The van der Waals surface area contributed by atoms with E-state index in [-0.39, 0.29) is 25.1 Å². The smallest absolute Gasteiger partial charge is 0.231 e. The van der Waals surface area contributed by atoms with Crippen LogP contribution in [0.4, 0.5) is 0 Å². The Hall–Kier alpha value is -1.50. The number of fused-ring (bicyclic) bond motifs is 1. The molecule has 0 aliphatic carbocycles. The van der Waals surface area contributed by atoms with E-state index in [0.717, 1.165) is 49.8 Å². The Kier molecular flexibility index (Phi) is 6.30. The number of hydrogen-bond donors (Lipinski definition) is 2. The van der Waals surface area contributed by atoms with Gasteiger partial charge in [0, 0.05) is 39.3 Å². The minimum Gasteiger partial charge on any atom is -0.454 e. The molecule has 0 spiro atoms. The molecule has 3 rings (SSSR count). The molecule has 2 N–H and O–H groups in total. The summed E-state index contributed by atoms with van der Waals surface area (Å²) >= 11 is 0. The van der Waals surface area contributed by atoms with Crippen LogP contribution in [-0.4, -0.2) is 56.9 Å². The zero-order valence-electron chi connectivity index (χ0n) is 12.5. The molecule has 0 unspecified atom stereocenters. The third kappa shape index (κ3) is 4.50. The molecule has 7 heteroatoms. The third-order valence-corrected chi connectivity index (χ3v) is 3.76. The lowest BCUT2D eigenvalue weighted by molar-refractivity contribution is -0.120. The number of carbonyl (C=O) groups is 1. The summed E-state index contributed by atoms with van der Waals surface area (Å²) in [4.78, 5) is 14.3. The van der Waals surface area contributed by atoms with E-state index in [9.17, 15) is 4.79 Å². The Morgan fingerprint density at radius 2 is 2.00 bits per heavy atom. The Labute approximate surface area is 136 Å². The molecule has 1 aromatic carbocycles. The predicted molar refractivity (Wildman–Crippen MR) is 85.8 cm³/mol. The van der Waals surface area contributed by atoms with Gasteiger partial charge in [0.05, 0.1) is 6.42 Å². The van der Waals surface area contributed by atoms with Crippen LogP contribution in [0.2, 0.25) is 0 Å². The first kappa shape index (κ1) is 16.9. The quantitative estimate of drug-likeness (QED) is 0.820. The molecule has 0 atom stereocenters. The summed E-state index contributed by atoms with van der Waals surface area (Å²) in [5, 5.41) is 6.29. The van der Waals surface area contributed by atoms with E-state index in [1.807, 2.05) is 18.2 Å². The van der Waals surface area contributed by atoms with E-state index >= 15 is 0 Å². The lowest BCUT2D eigenvalue weighted by Crippen LogP contribution is -2.46. The molecule has 1 aromatic rings. The zero-order valence-corrected chi connectivity index (χ0v) is 13.3. The number of ether oxygens (including phenoxy) is 2. The van der Waals surface area contributed by atoms with Crippen LogP contribution in [0, 0.1) is 0 Å². The molecule has 122 valence electrons. The van der Waals surface area contributed by atoms with Gasteiger partial charge in [0.15, 0.2) is 11.5 Å². The molecule has 2 aliphatic rings. The van der Waals surface area contributed by atoms with E-state index in [2.05, 4.69) is 15.5 Å². The zero-order chi connectivity index (χ0) is 14.5. The van der Waals surface area contributed by atoms with Crippen molar-refractivity contribution in [1.82, 2.24) is 15.5 Å². The predicted octanol–water partition coefficient (Wildman–Crippen LogP) is 0.401. The second-order valence-corrected chi connectivity index (χ2v) is 5.31. The number of nitrogens with one attached hydrogen (secondary N) is 2. The second kappa shape index (κ2) is 8.22. The number of rotatable bonds is 5. The summed E-state index contributed by atoms with van der Waals surface area (Å²) in [5.41, 5.74) is 0.943. The van der Waals surface area contributed by atoms with Crippen molar-refractivity contribution in [1.29, 1.82) is 0 Å². The Balaban J connectivity index is 0.00000176. The molecule has 0 radical (unpaired) electrons. The maximum Gasteiger partial charge on any atom is 0.231 e. The second-order valence-electron chi connectivity index (χ2n) is 5.31. The SMILES string of the molecule is Cl.O=C(Cc1ccc2c(c1)OCO2)NCCN1CCNCC1. The number of benzene rings is 1. The minimum atomic E-state index is 0. The van der Waals surface area contributed by atoms with Gasteiger partial charge in [-0.15, -0.1) is 12.4 Å². The minimum absolute atomic E-state index is 0. The maximum atomic E-state index is 11.9. The van der Waals surface area contributed by atoms with E-state index in [0.29, 0.717) is 13.0 Å². The third-order valence-electron chi connectivity index (χ3n) is 3.76. The fourth-order valence-electron chi connectivity index (χ4n) is 2.59. The van der Waals surface area contributed by atoms with Crippen LogP contribution in [0.15, 0.2) is 18.2 Å². The highest BCUT2D eigenvalue weighted by Gasteiger charge is 2.14. The van der Waals surface area contributed by atoms with Crippen LogP contribution in [0.1, 0.15) is 5.56 Å². The largest absolute Gasteiger partial charge is 0.454 e. The summed E-state index contributed by atoms with van der Waals surface area (Å²) in [5.74, 6) is 1.52. The topological polar surface area (TPSA) is 62.8 Å². The van der Waals surface area contributed by atoms with Crippen molar-refractivity contribution < 1.29 is 14.3 Å². The molecule has 0 saturated carbocycles. The summed E-state index contributed by atoms with van der Waals surface area (Å²) in [6, 6.07) is 5.63. The molecule has 0 aromatic heterocycles. The molecule has 1 saturated heterocycles. The van der Waals surface area contributed by atoms with Crippen molar-refractivity contribution in [2.24, 2.45) is 0 Å². The maximum absolute atomic E-state index is 11.9. The Morgan fingerprint density at radius 3 is 2.82 bits per heavy atom. The van der Waals surface area contributed by atoms with Gasteiger partial charge in [0.2, 0.25) is 12.7 Å². The summed E-state index contributed by atoms with van der Waals surface area (Å²) in [6.07, 6.45) is 0.373. The van der Waals surface area contributed by atoms with Gasteiger partial charge in [-0.05, 0) is 17.7 Å². The van der Waals surface area contributed by atoms with Gasteiger partial charge in [-0.2, -0.15) is 0 Å². The highest BCUT2D eigenvalue weighted by molar-refractivity contribution is 5.85. The molecule has 2 heterocycles. The van der Waals surface area contributed by atoms with Gasteiger partial charge in [-0.1, -0.05) is 6.07 Å². The molecule has 0 bridgehead atoms. The van der Waals surface area contributed by atoms with Crippen LogP contribution in [0.3, 0.4) is 0 Å². The first-order chi connectivity index (χ1) is 10.3. The average molecular weight is 328 g/mol. The van der Waals surface area contributed by atoms with Gasteiger partial charge < -0.3 is 20.1 Å². The summed E-state index contributed by atoms with van der Waals surface area (Å²) < 4.78 is 10.6. The fourth-order valence-corrected chi connectivity index (χ4v) is 2.59. The van der Waals surface area contributed by atoms with E-state index < -0.39 is 0 Å². The Bertz CT molecular complexity index is 507. The van der Waals surface area contributed by atoms with Crippen LogP contribution in [-0.2, 0) is 11.2 Å². The van der Waals surface area contributed by atoms with Gasteiger partial charge in [0.25, 0.3) is 0 Å². The highest BCUT2D eigenvalue weighted by Crippen LogP contribution is 2.32.